The second-order valence-corrected chi connectivity index (χ2v) is 6.34. The lowest BCUT2D eigenvalue weighted by atomic mass is 9.84. The van der Waals surface area contributed by atoms with Gasteiger partial charge in [0.05, 0.1) is 6.61 Å². The largest absolute Gasteiger partial charge is 0.395 e. The van der Waals surface area contributed by atoms with E-state index in [1.807, 2.05) is 0 Å². The summed E-state index contributed by atoms with van der Waals surface area (Å²) in [6.45, 7) is 9.09. The molecule has 0 bridgehead atoms. The van der Waals surface area contributed by atoms with Crippen LogP contribution in [0.25, 0.3) is 0 Å². The molecule has 1 saturated carbocycles. The van der Waals surface area contributed by atoms with Crippen LogP contribution in [-0.2, 0) is 0 Å². The van der Waals surface area contributed by atoms with Gasteiger partial charge in [0, 0.05) is 25.2 Å². The number of hydrogen-bond acceptors (Lipinski definition) is 3. The van der Waals surface area contributed by atoms with Gasteiger partial charge in [-0.1, -0.05) is 27.2 Å². The molecule has 1 aliphatic rings. The molecule has 1 atom stereocenters. The Balaban J connectivity index is 2.38. The SMILES string of the molecule is CNC(CCN(CCO)C1CCC1)C(C)(C)C. The highest BCUT2D eigenvalue weighted by molar-refractivity contribution is 4.84. The minimum Gasteiger partial charge on any atom is -0.395 e. The molecule has 0 aromatic carbocycles. The number of aliphatic hydroxyl groups is 1. The smallest absolute Gasteiger partial charge is 0.0558 e. The van der Waals surface area contributed by atoms with Gasteiger partial charge in [0.1, 0.15) is 0 Å². The third kappa shape index (κ3) is 4.57. The fourth-order valence-electron chi connectivity index (χ4n) is 2.66. The van der Waals surface area contributed by atoms with Crippen LogP contribution in [0.1, 0.15) is 46.5 Å². The van der Waals surface area contributed by atoms with Gasteiger partial charge in [0.25, 0.3) is 0 Å². The Labute approximate surface area is 107 Å². The molecule has 0 radical (unpaired) electrons. The zero-order chi connectivity index (χ0) is 12.9. The van der Waals surface area contributed by atoms with E-state index >= 15 is 0 Å². The Morgan fingerprint density at radius 3 is 2.29 bits per heavy atom. The summed E-state index contributed by atoms with van der Waals surface area (Å²) in [5.41, 5.74) is 0.305. The quantitative estimate of drug-likeness (QED) is 0.715. The van der Waals surface area contributed by atoms with Crippen LogP contribution in [0.4, 0.5) is 0 Å². The van der Waals surface area contributed by atoms with Crippen LogP contribution in [0.3, 0.4) is 0 Å². The lowest BCUT2D eigenvalue weighted by Gasteiger charge is -2.39. The summed E-state index contributed by atoms with van der Waals surface area (Å²) >= 11 is 0. The lowest BCUT2D eigenvalue weighted by molar-refractivity contribution is 0.0909. The molecule has 0 heterocycles. The minimum atomic E-state index is 0.288. The lowest BCUT2D eigenvalue weighted by Crippen LogP contribution is -2.46. The van der Waals surface area contributed by atoms with Crippen LogP contribution < -0.4 is 5.32 Å². The van der Waals surface area contributed by atoms with Crippen LogP contribution in [0, 0.1) is 5.41 Å². The standard InChI is InChI=1S/C14H30N2O/c1-14(2,3)13(15-4)8-9-16(10-11-17)12-6-5-7-12/h12-13,15,17H,5-11H2,1-4H3. The molecule has 0 aromatic rings. The molecule has 0 aliphatic heterocycles. The summed E-state index contributed by atoms with van der Waals surface area (Å²) in [5.74, 6) is 0. The highest BCUT2D eigenvalue weighted by Gasteiger charge is 2.27. The van der Waals surface area contributed by atoms with Crippen molar-refractivity contribution in [3.63, 3.8) is 0 Å². The van der Waals surface area contributed by atoms with E-state index in [2.05, 4.69) is 38.0 Å². The third-order valence-electron chi connectivity index (χ3n) is 4.08. The monoisotopic (exact) mass is 242 g/mol. The van der Waals surface area contributed by atoms with Gasteiger partial charge in [0.15, 0.2) is 0 Å². The van der Waals surface area contributed by atoms with Crippen LogP contribution in [0.15, 0.2) is 0 Å². The van der Waals surface area contributed by atoms with Gasteiger partial charge in [-0.2, -0.15) is 0 Å². The number of aliphatic hydroxyl groups excluding tert-OH is 1. The molecule has 1 fully saturated rings. The number of nitrogens with one attached hydrogen (secondary N) is 1. The summed E-state index contributed by atoms with van der Waals surface area (Å²) in [4.78, 5) is 2.47. The highest BCUT2D eigenvalue weighted by Crippen LogP contribution is 2.26. The molecular weight excluding hydrogens is 212 g/mol. The zero-order valence-corrected chi connectivity index (χ0v) is 12.0. The molecule has 0 spiro atoms. The minimum absolute atomic E-state index is 0.288. The number of hydrogen-bond donors (Lipinski definition) is 2. The van der Waals surface area contributed by atoms with Crippen LogP contribution in [-0.4, -0.2) is 48.8 Å². The normalized spacial score (nSPS) is 19.4. The second-order valence-electron chi connectivity index (χ2n) is 6.34. The van der Waals surface area contributed by atoms with Gasteiger partial charge in [-0.25, -0.2) is 0 Å². The fraction of sp³-hybridized carbons (Fsp3) is 1.00. The van der Waals surface area contributed by atoms with Crippen molar-refractivity contribution in [3.8, 4) is 0 Å². The van der Waals surface area contributed by atoms with Crippen LogP contribution in [0.2, 0.25) is 0 Å². The van der Waals surface area contributed by atoms with E-state index in [9.17, 15) is 0 Å². The summed E-state index contributed by atoms with van der Waals surface area (Å²) < 4.78 is 0. The molecule has 17 heavy (non-hydrogen) atoms. The maximum Gasteiger partial charge on any atom is 0.0558 e. The summed E-state index contributed by atoms with van der Waals surface area (Å²) in [5, 5.41) is 12.6. The molecule has 3 nitrogen and oxygen atoms in total. The Hall–Kier alpha value is -0.120. The summed E-state index contributed by atoms with van der Waals surface area (Å²) in [6, 6.07) is 1.28. The van der Waals surface area contributed by atoms with E-state index in [0.717, 1.165) is 25.6 Å². The average Bonchev–Trinajstić information content (AvgIpc) is 2.13. The van der Waals surface area contributed by atoms with Crippen molar-refractivity contribution in [1.29, 1.82) is 0 Å². The predicted octanol–water partition coefficient (Wildman–Crippen LogP) is 1.86. The summed E-state index contributed by atoms with van der Waals surface area (Å²) in [6.07, 6.45) is 5.16. The molecule has 2 N–H and O–H groups in total. The van der Waals surface area contributed by atoms with E-state index in [-0.39, 0.29) is 6.61 Å². The van der Waals surface area contributed by atoms with Gasteiger partial charge in [0.2, 0.25) is 0 Å². The Kier molecular flexibility index (Phi) is 5.90. The van der Waals surface area contributed by atoms with Crippen molar-refractivity contribution in [2.45, 2.75) is 58.5 Å². The van der Waals surface area contributed by atoms with E-state index < -0.39 is 0 Å². The van der Waals surface area contributed by atoms with Crippen molar-refractivity contribution in [2.24, 2.45) is 5.41 Å². The zero-order valence-electron chi connectivity index (χ0n) is 12.0. The highest BCUT2D eigenvalue weighted by atomic mass is 16.3. The average molecular weight is 242 g/mol. The molecule has 0 aromatic heterocycles. The van der Waals surface area contributed by atoms with Crippen molar-refractivity contribution in [1.82, 2.24) is 10.2 Å². The maximum absolute atomic E-state index is 9.13. The van der Waals surface area contributed by atoms with Crippen molar-refractivity contribution in [2.75, 3.05) is 26.7 Å². The van der Waals surface area contributed by atoms with Crippen molar-refractivity contribution >= 4 is 0 Å². The first-order valence-electron chi connectivity index (χ1n) is 7.01. The van der Waals surface area contributed by atoms with Gasteiger partial charge in [-0.05, 0) is 31.7 Å². The molecule has 102 valence electrons. The third-order valence-corrected chi connectivity index (χ3v) is 4.08. The number of rotatable bonds is 7. The maximum atomic E-state index is 9.13. The molecule has 0 saturated heterocycles. The van der Waals surface area contributed by atoms with Crippen molar-refractivity contribution in [3.05, 3.63) is 0 Å². The first-order chi connectivity index (χ1) is 7.99. The molecule has 3 heteroatoms. The van der Waals surface area contributed by atoms with Crippen LogP contribution >= 0.6 is 0 Å². The Morgan fingerprint density at radius 1 is 1.29 bits per heavy atom. The van der Waals surface area contributed by atoms with E-state index in [1.165, 1.54) is 19.3 Å². The second kappa shape index (κ2) is 6.72. The Morgan fingerprint density at radius 2 is 1.94 bits per heavy atom. The first kappa shape index (κ1) is 14.9. The molecular formula is C14H30N2O. The molecule has 1 unspecified atom stereocenters. The molecule has 1 rings (SSSR count). The topological polar surface area (TPSA) is 35.5 Å². The van der Waals surface area contributed by atoms with Gasteiger partial charge < -0.3 is 10.4 Å². The van der Waals surface area contributed by atoms with Gasteiger partial charge in [-0.3, -0.25) is 4.90 Å². The van der Waals surface area contributed by atoms with Gasteiger partial charge in [-0.15, -0.1) is 0 Å². The van der Waals surface area contributed by atoms with E-state index in [0.29, 0.717) is 11.5 Å². The fourth-order valence-corrected chi connectivity index (χ4v) is 2.66. The van der Waals surface area contributed by atoms with Crippen molar-refractivity contribution < 1.29 is 5.11 Å². The molecule has 0 amide bonds. The molecule has 1 aliphatic carbocycles. The Bertz CT molecular complexity index is 209. The number of nitrogens with zero attached hydrogens (tertiary/aromatic N) is 1. The van der Waals surface area contributed by atoms with Crippen LogP contribution in [0.5, 0.6) is 0 Å². The van der Waals surface area contributed by atoms with Gasteiger partial charge >= 0.3 is 0 Å². The first-order valence-corrected chi connectivity index (χ1v) is 7.01. The predicted molar refractivity (Wildman–Crippen MR) is 73.2 cm³/mol. The summed E-state index contributed by atoms with van der Waals surface area (Å²) in [7, 11) is 2.05. The van der Waals surface area contributed by atoms with E-state index in [1.54, 1.807) is 0 Å². The van der Waals surface area contributed by atoms with E-state index in [4.69, 9.17) is 5.11 Å².